The molecule has 2 rings (SSSR count). The Morgan fingerprint density at radius 1 is 1.40 bits per heavy atom. The predicted octanol–water partition coefficient (Wildman–Crippen LogP) is 1.88. The Morgan fingerprint density at radius 3 is 2.75 bits per heavy atom. The van der Waals surface area contributed by atoms with Crippen molar-refractivity contribution in [2.45, 2.75) is 25.9 Å². The van der Waals surface area contributed by atoms with E-state index in [9.17, 15) is 9.59 Å². The Morgan fingerprint density at radius 2 is 2.15 bits per heavy atom. The summed E-state index contributed by atoms with van der Waals surface area (Å²) in [6.45, 7) is 5.35. The van der Waals surface area contributed by atoms with Crippen LogP contribution in [0.2, 0.25) is 0 Å². The molecule has 0 aliphatic heterocycles. The highest BCUT2D eigenvalue weighted by Gasteiger charge is 2.09. The molecule has 1 amide bonds. The van der Waals surface area contributed by atoms with Crippen LogP contribution in [0.25, 0.3) is 0 Å². The lowest BCUT2D eigenvalue weighted by atomic mass is 10.3. The summed E-state index contributed by atoms with van der Waals surface area (Å²) in [4.78, 5) is 34.4. The zero-order chi connectivity index (χ0) is 14.7. The molecule has 2 aromatic heterocycles. The number of nitrogens with one attached hydrogen (secondary N) is 2. The third-order valence-corrected chi connectivity index (χ3v) is 4.33. The third kappa shape index (κ3) is 3.67. The van der Waals surface area contributed by atoms with E-state index in [0.29, 0.717) is 21.5 Å². The molecule has 0 aliphatic rings. The minimum atomic E-state index is -0.176. The Labute approximate surface area is 124 Å². The minimum absolute atomic E-state index is 0.170. The molecule has 2 aromatic rings. The Kier molecular flexibility index (Phi) is 4.56. The van der Waals surface area contributed by atoms with Crippen molar-refractivity contribution in [3.05, 3.63) is 32.7 Å². The quantitative estimate of drug-likeness (QED) is 0.665. The number of aromatic nitrogens is 3. The molecular weight excluding hydrogens is 296 g/mol. The summed E-state index contributed by atoms with van der Waals surface area (Å²) in [6.07, 6.45) is 0. The second-order valence-electron chi connectivity index (χ2n) is 4.21. The van der Waals surface area contributed by atoms with E-state index in [-0.39, 0.29) is 17.2 Å². The summed E-state index contributed by atoms with van der Waals surface area (Å²) >= 11 is 2.57. The molecule has 0 aliphatic carbocycles. The zero-order valence-electron chi connectivity index (χ0n) is 11.3. The number of thiazole rings is 1. The van der Waals surface area contributed by atoms with E-state index in [1.807, 2.05) is 12.3 Å². The lowest BCUT2D eigenvalue weighted by molar-refractivity contribution is -0.113. The first kappa shape index (κ1) is 14.7. The van der Waals surface area contributed by atoms with Gasteiger partial charge in [0.05, 0.1) is 11.4 Å². The number of thioether (sulfide) groups is 1. The average Bonchev–Trinajstić information content (AvgIpc) is 2.78. The lowest BCUT2D eigenvalue weighted by Crippen LogP contribution is -2.17. The molecule has 0 spiro atoms. The van der Waals surface area contributed by atoms with E-state index >= 15 is 0 Å². The highest BCUT2D eigenvalue weighted by Crippen LogP contribution is 2.16. The Balaban J connectivity index is 1.95. The first-order valence-electron chi connectivity index (χ1n) is 5.88. The van der Waals surface area contributed by atoms with Crippen LogP contribution in [0, 0.1) is 20.8 Å². The molecule has 0 atom stereocenters. The maximum absolute atomic E-state index is 11.7. The van der Waals surface area contributed by atoms with Gasteiger partial charge in [0.25, 0.3) is 5.56 Å². The van der Waals surface area contributed by atoms with Gasteiger partial charge < -0.3 is 10.3 Å². The number of aryl methyl sites for hydroxylation is 2. The first-order chi connectivity index (χ1) is 9.45. The predicted molar refractivity (Wildman–Crippen MR) is 80.5 cm³/mol. The van der Waals surface area contributed by atoms with Gasteiger partial charge in [0.15, 0.2) is 10.3 Å². The molecule has 2 N–H and O–H groups in total. The molecule has 20 heavy (non-hydrogen) atoms. The van der Waals surface area contributed by atoms with Crippen molar-refractivity contribution in [3.63, 3.8) is 0 Å². The molecular formula is C12H14N4O2S2. The topological polar surface area (TPSA) is 87.7 Å². The standard InChI is InChI=1S/C12H14N4O2S2/c1-6-4-19-11(13-6)15-9(17)5-20-12-14-8(3)7(2)10(18)16-12/h4H,5H2,1-3H3,(H,13,15,17)(H,14,16,18). The van der Waals surface area contributed by atoms with Gasteiger partial charge in [-0.2, -0.15) is 0 Å². The van der Waals surface area contributed by atoms with Crippen molar-refractivity contribution in [2.24, 2.45) is 0 Å². The number of H-pyrrole nitrogens is 1. The van der Waals surface area contributed by atoms with Crippen molar-refractivity contribution >= 4 is 34.1 Å². The van der Waals surface area contributed by atoms with Gasteiger partial charge in [0, 0.05) is 16.6 Å². The number of hydrogen-bond acceptors (Lipinski definition) is 6. The van der Waals surface area contributed by atoms with Crippen LogP contribution in [0.15, 0.2) is 15.3 Å². The van der Waals surface area contributed by atoms with Crippen LogP contribution < -0.4 is 10.9 Å². The number of hydrogen-bond donors (Lipinski definition) is 2. The molecule has 6 nitrogen and oxygen atoms in total. The van der Waals surface area contributed by atoms with Crippen molar-refractivity contribution in [2.75, 3.05) is 11.1 Å². The fourth-order valence-corrected chi connectivity index (χ4v) is 2.80. The van der Waals surface area contributed by atoms with Crippen LogP contribution in [0.4, 0.5) is 5.13 Å². The van der Waals surface area contributed by atoms with Gasteiger partial charge in [0.1, 0.15) is 0 Å². The summed E-state index contributed by atoms with van der Waals surface area (Å²) in [5.74, 6) is -0.00501. The maximum atomic E-state index is 11.7. The van der Waals surface area contributed by atoms with Gasteiger partial charge in [-0.05, 0) is 20.8 Å². The number of carbonyl (C=O) groups is 1. The summed E-state index contributed by atoms with van der Waals surface area (Å²) in [5, 5.41) is 5.59. The van der Waals surface area contributed by atoms with Gasteiger partial charge in [-0.15, -0.1) is 11.3 Å². The molecule has 0 aromatic carbocycles. The smallest absolute Gasteiger partial charge is 0.254 e. The van der Waals surface area contributed by atoms with Crippen LogP contribution in [-0.4, -0.2) is 26.6 Å². The largest absolute Gasteiger partial charge is 0.301 e. The van der Waals surface area contributed by atoms with E-state index in [0.717, 1.165) is 5.69 Å². The average molecular weight is 310 g/mol. The molecule has 0 radical (unpaired) electrons. The van der Waals surface area contributed by atoms with Gasteiger partial charge in [-0.25, -0.2) is 9.97 Å². The van der Waals surface area contributed by atoms with Crippen LogP contribution in [0.3, 0.4) is 0 Å². The van der Waals surface area contributed by atoms with E-state index in [1.165, 1.54) is 23.1 Å². The van der Waals surface area contributed by atoms with Crippen molar-refractivity contribution < 1.29 is 4.79 Å². The molecule has 106 valence electrons. The minimum Gasteiger partial charge on any atom is -0.301 e. The lowest BCUT2D eigenvalue weighted by Gasteiger charge is -2.04. The number of amides is 1. The number of aromatic amines is 1. The van der Waals surface area contributed by atoms with Gasteiger partial charge in [-0.1, -0.05) is 11.8 Å². The van der Waals surface area contributed by atoms with Crippen molar-refractivity contribution in [3.8, 4) is 0 Å². The first-order valence-corrected chi connectivity index (χ1v) is 7.74. The summed E-state index contributed by atoms with van der Waals surface area (Å²) in [5.41, 5.74) is 1.97. The summed E-state index contributed by atoms with van der Waals surface area (Å²) in [6, 6.07) is 0. The monoisotopic (exact) mass is 310 g/mol. The van der Waals surface area contributed by atoms with E-state index in [4.69, 9.17) is 0 Å². The highest BCUT2D eigenvalue weighted by molar-refractivity contribution is 7.99. The number of anilines is 1. The second-order valence-corrected chi connectivity index (χ2v) is 6.03. The zero-order valence-corrected chi connectivity index (χ0v) is 12.9. The summed E-state index contributed by atoms with van der Waals surface area (Å²) in [7, 11) is 0. The van der Waals surface area contributed by atoms with Gasteiger partial charge in [-0.3, -0.25) is 9.59 Å². The van der Waals surface area contributed by atoms with Gasteiger partial charge in [0.2, 0.25) is 5.91 Å². The normalized spacial score (nSPS) is 10.6. The fourth-order valence-electron chi connectivity index (χ4n) is 1.39. The second kappa shape index (κ2) is 6.19. The number of nitrogens with zero attached hydrogens (tertiary/aromatic N) is 2. The fraction of sp³-hybridized carbons (Fsp3) is 0.333. The molecule has 0 fully saturated rings. The van der Waals surface area contributed by atoms with Gasteiger partial charge >= 0.3 is 0 Å². The van der Waals surface area contributed by atoms with E-state index < -0.39 is 0 Å². The number of carbonyl (C=O) groups excluding carboxylic acids is 1. The molecule has 2 heterocycles. The summed E-state index contributed by atoms with van der Waals surface area (Å²) < 4.78 is 0. The number of rotatable bonds is 4. The van der Waals surface area contributed by atoms with Crippen LogP contribution >= 0.6 is 23.1 Å². The van der Waals surface area contributed by atoms with Crippen molar-refractivity contribution in [1.29, 1.82) is 0 Å². The van der Waals surface area contributed by atoms with E-state index in [2.05, 4.69) is 20.3 Å². The highest BCUT2D eigenvalue weighted by atomic mass is 32.2. The van der Waals surface area contributed by atoms with Crippen LogP contribution in [0.5, 0.6) is 0 Å². The molecule has 0 saturated heterocycles. The van der Waals surface area contributed by atoms with Crippen LogP contribution in [-0.2, 0) is 4.79 Å². The SMILES string of the molecule is Cc1csc(NC(=O)CSc2nc(C)c(C)c(=O)[nH]2)n1. The Hall–Kier alpha value is -1.67. The molecule has 0 saturated carbocycles. The van der Waals surface area contributed by atoms with Crippen LogP contribution in [0.1, 0.15) is 17.0 Å². The molecule has 0 unspecified atom stereocenters. The maximum Gasteiger partial charge on any atom is 0.254 e. The van der Waals surface area contributed by atoms with E-state index in [1.54, 1.807) is 13.8 Å². The third-order valence-electron chi connectivity index (χ3n) is 2.58. The Bertz CT molecular complexity index is 693. The molecule has 8 heteroatoms. The van der Waals surface area contributed by atoms with Crippen molar-refractivity contribution in [1.82, 2.24) is 15.0 Å². The molecule has 0 bridgehead atoms.